The van der Waals surface area contributed by atoms with Crippen LogP contribution < -0.4 is 5.32 Å². The van der Waals surface area contributed by atoms with Crippen LogP contribution in [0.5, 0.6) is 0 Å². The molecule has 1 aliphatic rings. The molecule has 1 N–H and O–H groups in total. The minimum atomic E-state index is 0.545. The fraction of sp³-hybridized carbons (Fsp3) is 1.00. The maximum absolute atomic E-state index is 3.60. The van der Waals surface area contributed by atoms with E-state index in [0.29, 0.717) is 11.5 Å². The maximum atomic E-state index is 3.60. The fourth-order valence-electron chi connectivity index (χ4n) is 2.59. The van der Waals surface area contributed by atoms with Crippen LogP contribution in [0.3, 0.4) is 0 Å². The molecule has 0 aromatic rings. The molecule has 1 fully saturated rings. The summed E-state index contributed by atoms with van der Waals surface area (Å²) in [5.74, 6) is 0. The quantitative estimate of drug-likeness (QED) is 0.728. The summed E-state index contributed by atoms with van der Waals surface area (Å²) in [6.07, 6.45) is 3.96. The number of nitrogens with zero attached hydrogens (tertiary/aromatic N) is 1. The zero-order valence-corrected chi connectivity index (χ0v) is 11.0. The predicted molar refractivity (Wildman–Crippen MR) is 67.2 cm³/mol. The highest BCUT2D eigenvalue weighted by Gasteiger charge is 2.29. The highest BCUT2D eigenvalue weighted by molar-refractivity contribution is 4.84. The van der Waals surface area contributed by atoms with Crippen molar-refractivity contribution in [3.8, 4) is 0 Å². The Hall–Kier alpha value is -0.0800. The van der Waals surface area contributed by atoms with Crippen molar-refractivity contribution < 1.29 is 0 Å². The Morgan fingerprint density at radius 1 is 1.33 bits per heavy atom. The number of hydrogen-bond donors (Lipinski definition) is 1. The van der Waals surface area contributed by atoms with Gasteiger partial charge >= 0.3 is 0 Å². The van der Waals surface area contributed by atoms with Crippen molar-refractivity contribution in [2.45, 2.75) is 53.0 Å². The summed E-state index contributed by atoms with van der Waals surface area (Å²) < 4.78 is 0. The lowest BCUT2D eigenvalue weighted by Crippen LogP contribution is -2.40. The van der Waals surface area contributed by atoms with Gasteiger partial charge in [0.2, 0.25) is 0 Å². The lowest BCUT2D eigenvalue weighted by Gasteiger charge is -2.25. The van der Waals surface area contributed by atoms with Gasteiger partial charge in [0.25, 0.3) is 0 Å². The van der Waals surface area contributed by atoms with Crippen LogP contribution in [0, 0.1) is 5.41 Å². The van der Waals surface area contributed by atoms with E-state index in [0.717, 1.165) is 6.54 Å². The number of likely N-dealkylation sites (tertiary alicyclic amines) is 1. The normalized spacial score (nSPS) is 23.2. The monoisotopic (exact) mass is 212 g/mol. The van der Waals surface area contributed by atoms with Gasteiger partial charge in [-0.2, -0.15) is 0 Å². The van der Waals surface area contributed by atoms with Gasteiger partial charge in [-0.15, -0.1) is 0 Å². The van der Waals surface area contributed by atoms with Crippen molar-refractivity contribution in [2.24, 2.45) is 5.41 Å². The van der Waals surface area contributed by atoms with Crippen molar-refractivity contribution >= 4 is 0 Å². The van der Waals surface area contributed by atoms with Crippen LogP contribution >= 0.6 is 0 Å². The van der Waals surface area contributed by atoms with Crippen LogP contribution in [0.4, 0.5) is 0 Å². The Labute approximate surface area is 95.4 Å². The summed E-state index contributed by atoms with van der Waals surface area (Å²) in [5.41, 5.74) is 0.545. The van der Waals surface area contributed by atoms with Crippen molar-refractivity contribution in [2.75, 3.05) is 26.2 Å². The van der Waals surface area contributed by atoms with Crippen LogP contribution in [0.1, 0.15) is 47.0 Å². The highest BCUT2D eigenvalue weighted by atomic mass is 15.2. The van der Waals surface area contributed by atoms with E-state index in [-0.39, 0.29) is 0 Å². The van der Waals surface area contributed by atoms with Gasteiger partial charge in [-0.1, -0.05) is 34.1 Å². The largest absolute Gasteiger partial charge is 0.313 e. The Kier molecular flexibility index (Phi) is 5.07. The molecule has 1 rings (SSSR count). The van der Waals surface area contributed by atoms with E-state index >= 15 is 0 Å². The second-order valence-corrected chi connectivity index (χ2v) is 5.69. The van der Waals surface area contributed by atoms with Gasteiger partial charge in [0.1, 0.15) is 0 Å². The third-order valence-electron chi connectivity index (χ3n) is 3.36. The average molecular weight is 212 g/mol. The van der Waals surface area contributed by atoms with E-state index in [4.69, 9.17) is 0 Å². The SMILES string of the molecule is CCCC(CN1CCC(C)(C)C1)NCC. The molecule has 2 nitrogen and oxygen atoms in total. The van der Waals surface area contributed by atoms with Gasteiger partial charge in [0.05, 0.1) is 0 Å². The van der Waals surface area contributed by atoms with Crippen LogP contribution in [0.15, 0.2) is 0 Å². The van der Waals surface area contributed by atoms with Crippen molar-refractivity contribution in [1.29, 1.82) is 0 Å². The molecule has 0 aromatic carbocycles. The first-order valence-electron chi connectivity index (χ1n) is 6.53. The van der Waals surface area contributed by atoms with Gasteiger partial charge in [0, 0.05) is 19.1 Å². The van der Waals surface area contributed by atoms with E-state index in [1.807, 2.05) is 0 Å². The molecule has 1 saturated heterocycles. The van der Waals surface area contributed by atoms with E-state index in [9.17, 15) is 0 Å². The molecule has 0 amide bonds. The van der Waals surface area contributed by atoms with E-state index in [1.165, 1.54) is 38.9 Å². The van der Waals surface area contributed by atoms with E-state index in [1.54, 1.807) is 0 Å². The van der Waals surface area contributed by atoms with Crippen molar-refractivity contribution in [3.63, 3.8) is 0 Å². The van der Waals surface area contributed by atoms with Gasteiger partial charge in [-0.25, -0.2) is 0 Å². The molecule has 0 saturated carbocycles. The number of hydrogen-bond acceptors (Lipinski definition) is 2. The maximum Gasteiger partial charge on any atom is 0.0194 e. The number of rotatable bonds is 6. The van der Waals surface area contributed by atoms with Gasteiger partial charge in [0.15, 0.2) is 0 Å². The standard InChI is InChI=1S/C13H28N2/c1-5-7-12(14-6-2)10-15-9-8-13(3,4)11-15/h12,14H,5-11H2,1-4H3. The smallest absolute Gasteiger partial charge is 0.0194 e. The number of likely N-dealkylation sites (N-methyl/N-ethyl adjacent to an activating group) is 1. The third-order valence-corrected chi connectivity index (χ3v) is 3.36. The lowest BCUT2D eigenvalue weighted by atomic mass is 9.93. The van der Waals surface area contributed by atoms with Crippen LogP contribution in [-0.4, -0.2) is 37.1 Å². The molecule has 1 aliphatic heterocycles. The lowest BCUT2D eigenvalue weighted by molar-refractivity contribution is 0.255. The van der Waals surface area contributed by atoms with E-state index in [2.05, 4.69) is 37.9 Å². The molecule has 0 aromatic heterocycles. The predicted octanol–water partition coefficient (Wildman–Crippen LogP) is 2.50. The number of nitrogens with one attached hydrogen (secondary N) is 1. The topological polar surface area (TPSA) is 15.3 Å². The Morgan fingerprint density at radius 3 is 2.53 bits per heavy atom. The molecule has 0 spiro atoms. The summed E-state index contributed by atoms with van der Waals surface area (Å²) in [6, 6.07) is 0.703. The molecule has 2 heteroatoms. The molecule has 90 valence electrons. The summed E-state index contributed by atoms with van der Waals surface area (Å²) in [4.78, 5) is 2.63. The Morgan fingerprint density at radius 2 is 2.07 bits per heavy atom. The Bertz CT molecular complexity index is 171. The molecular weight excluding hydrogens is 184 g/mol. The van der Waals surface area contributed by atoms with Crippen molar-refractivity contribution in [1.82, 2.24) is 10.2 Å². The molecule has 0 radical (unpaired) electrons. The molecule has 15 heavy (non-hydrogen) atoms. The van der Waals surface area contributed by atoms with E-state index < -0.39 is 0 Å². The van der Waals surface area contributed by atoms with Crippen LogP contribution in [-0.2, 0) is 0 Å². The molecule has 1 atom stereocenters. The fourth-order valence-corrected chi connectivity index (χ4v) is 2.59. The minimum Gasteiger partial charge on any atom is -0.313 e. The summed E-state index contributed by atoms with van der Waals surface area (Å²) in [7, 11) is 0. The van der Waals surface area contributed by atoms with Crippen LogP contribution in [0.2, 0.25) is 0 Å². The van der Waals surface area contributed by atoms with Gasteiger partial charge in [-0.3, -0.25) is 0 Å². The molecule has 0 aliphatic carbocycles. The van der Waals surface area contributed by atoms with Crippen LogP contribution in [0.25, 0.3) is 0 Å². The highest BCUT2D eigenvalue weighted by Crippen LogP contribution is 2.28. The minimum absolute atomic E-state index is 0.545. The molecule has 1 unspecified atom stereocenters. The first kappa shape index (κ1) is 13.0. The summed E-state index contributed by atoms with van der Waals surface area (Å²) in [5, 5.41) is 3.60. The molecule has 0 bridgehead atoms. The zero-order chi connectivity index (χ0) is 11.3. The Balaban J connectivity index is 2.32. The first-order valence-corrected chi connectivity index (χ1v) is 6.53. The summed E-state index contributed by atoms with van der Waals surface area (Å²) in [6.45, 7) is 14.2. The van der Waals surface area contributed by atoms with Gasteiger partial charge in [-0.05, 0) is 31.3 Å². The van der Waals surface area contributed by atoms with Crippen molar-refractivity contribution in [3.05, 3.63) is 0 Å². The average Bonchev–Trinajstić information content (AvgIpc) is 2.46. The molecule has 1 heterocycles. The second-order valence-electron chi connectivity index (χ2n) is 5.69. The first-order chi connectivity index (χ1) is 7.07. The molecular formula is C13H28N2. The third kappa shape index (κ3) is 4.52. The zero-order valence-electron chi connectivity index (χ0n) is 11.0. The van der Waals surface area contributed by atoms with Gasteiger partial charge < -0.3 is 10.2 Å². The second kappa shape index (κ2) is 5.86. The summed E-state index contributed by atoms with van der Waals surface area (Å²) >= 11 is 0.